The Morgan fingerprint density at radius 3 is 2.52 bits per heavy atom. The van der Waals surface area contributed by atoms with Crippen LogP contribution in [0.5, 0.6) is 17.2 Å². The molecule has 0 bridgehead atoms. The smallest absolute Gasteiger partial charge is 0.191 e. The minimum atomic E-state index is 0.149. The number of ether oxygens (including phenoxy) is 2. The molecule has 0 aliphatic rings. The fourth-order valence-electron chi connectivity index (χ4n) is 2.69. The van der Waals surface area contributed by atoms with E-state index in [9.17, 15) is 5.11 Å². The fraction of sp³-hybridized carbons (Fsp3) is 0.381. The van der Waals surface area contributed by atoms with Crippen LogP contribution in [0.25, 0.3) is 0 Å². The van der Waals surface area contributed by atoms with E-state index in [2.05, 4.69) is 21.7 Å². The zero-order chi connectivity index (χ0) is 19.6. The lowest BCUT2D eigenvalue weighted by atomic mass is 10.1. The number of benzene rings is 2. The highest BCUT2D eigenvalue weighted by Crippen LogP contribution is 2.26. The third kappa shape index (κ3) is 6.09. The predicted octanol–water partition coefficient (Wildman–Crippen LogP) is 3.02. The first kappa shape index (κ1) is 20.4. The van der Waals surface area contributed by atoms with Crippen molar-refractivity contribution in [2.75, 3.05) is 27.3 Å². The van der Waals surface area contributed by atoms with Gasteiger partial charge in [0.15, 0.2) is 17.5 Å². The van der Waals surface area contributed by atoms with E-state index in [1.54, 1.807) is 20.3 Å². The molecule has 0 radical (unpaired) electrons. The Morgan fingerprint density at radius 1 is 1.04 bits per heavy atom. The van der Waals surface area contributed by atoms with Gasteiger partial charge in [-0.05, 0) is 49.6 Å². The van der Waals surface area contributed by atoms with E-state index >= 15 is 0 Å². The fourth-order valence-corrected chi connectivity index (χ4v) is 2.69. The number of aliphatic imine (C=N–C) groups is 1. The Balaban J connectivity index is 1.97. The summed E-state index contributed by atoms with van der Waals surface area (Å²) >= 11 is 0. The predicted molar refractivity (Wildman–Crippen MR) is 109 cm³/mol. The van der Waals surface area contributed by atoms with Crippen molar-refractivity contribution >= 4 is 5.96 Å². The number of methoxy groups -OCH3 is 2. The summed E-state index contributed by atoms with van der Waals surface area (Å²) in [5.74, 6) is 2.24. The second-order valence-electron chi connectivity index (χ2n) is 6.19. The van der Waals surface area contributed by atoms with E-state index in [0.29, 0.717) is 18.8 Å². The van der Waals surface area contributed by atoms with Gasteiger partial charge in [0.2, 0.25) is 0 Å². The first-order chi connectivity index (χ1) is 13.1. The third-order valence-corrected chi connectivity index (χ3v) is 4.14. The van der Waals surface area contributed by atoms with Gasteiger partial charge in [-0.15, -0.1) is 0 Å². The molecular weight excluding hydrogens is 342 g/mol. The van der Waals surface area contributed by atoms with Gasteiger partial charge in [-0.3, -0.25) is 0 Å². The summed E-state index contributed by atoms with van der Waals surface area (Å²) in [7, 11) is 3.23. The maximum Gasteiger partial charge on any atom is 0.191 e. The van der Waals surface area contributed by atoms with Crippen molar-refractivity contribution in [3.05, 3.63) is 53.1 Å². The van der Waals surface area contributed by atoms with Crippen molar-refractivity contribution in [3.63, 3.8) is 0 Å². The first-order valence-electron chi connectivity index (χ1n) is 9.09. The number of nitrogens with one attached hydrogen (secondary N) is 2. The summed E-state index contributed by atoms with van der Waals surface area (Å²) in [6, 6.07) is 11.5. The highest BCUT2D eigenvalue weighted by atomic mass is 16.5. The Labute approximate surface area is 161 Å². The molecule has 2 aromatic rings. The van der Waals surface area contributed by atoms with Crippen LogP contribution in [-0.4, -0.2) is 38.4 Å². The van der Waals surface area contributed by atoms with Gasteiger partial charge in [0.1, 0.15) is 5.75 Å². The first-order valence-corrected chi connectivity index (χ1v) is 9.09. The molecule has 0 amide bonds. The second kappa shape index (κ2) is 10.3. The van der Waals surface area contributed by atoms with Crippen LogP contribution in [0.4, 0.5) is 0 Å². The number of guanidine groups is 1. The molecule has 0 unspecified atom stereocenters. The van der Waals surface area contributed by atoms with Gasteiger partial charge < -0.3 is 25.2 Å². The lowest BCUT2D eigenvalue weighted by Crippen LogP contribution is -2.38. The monoisotopic (exact) mass is 371 g/mol. The van der Waals surface area contributed by atoms with Crippen molar-refractivity contribution in [3.8, 4) is 17.2 Å². The number of nitrogens with zero attached hydrogens (tertiary/aromatic N) is 1. The number of aryl methyl sites for hydroxylation is 1. The number of aromatic hydroxyl groups is 1. The Hall–Kier alpha value is -2.89. The quantitative estimate of drug-likeness (QED) is 0.491. The van der Waals surface area contributed by atoms with Crippen LogP contribution in [0.2, 0.25) is 0 Å². The molecule has 27 heavy (non-hydrogen) atoms. The van der Waals surface area contributed by atoms with E-state index in [4.69, 9.17) is 9.47 Å². The van der Waals surface area contributed by atoms with Gasteiger partial charge in [-0.1, -0.05) is 18.2 Å². The maximum atomic E-state index is 9.68. The molecule has 0 aliphatic carbocycles. The highest BCUT2D eigenvalue weighted by molar-refractivity contribution is 5.79. The van der Waals surface area contributed by atoms with Gasteiger partial charge >= 0.3 is 0 Å². The molecule has 0 heterocycles. The number of rotatable bonds is 8. The summed E-state index contributed by atoms with van der Waals surface area (Å²) in [5.41, 5.74) is 3.28. The molecule has 2 rings (SSSR count). The summed E-state index contributed by atoms with van der Waals surface area (Å²) in [4.78, 5) is 4.65. The summed E-state index contributed by atoms with van der Waals surface area (Å²) in [6.45, 7) is 6.11. The molecule has 0 saturated carbocycles. The van der Waals surface area contributed by atoms with Gasteiger partial charge in [0, 0.05) is 18.7 Å². The Bertz CT molecular complexity index is 775. The van der Waals surface area contributed by atoms with Crippen LogP contribution in [0.1, 0.15) is 23.6 Å². The average molecular weight is 371 g/mol. The van der Waals surface area contributed by atoms with Crippen LogP contribution >= 0.6 is 0 Å². The zero-order valence-corrected chi connectivity index (χ0v) is 16.5. The minimum Gasteiger partial charge on any atom is -0.504 e. The summed E-state index contributed by atoms with van der Waals surface area (Å²) in [6.07, 6.45) is 0.787. The number of hydrogen-bond acceptors (Lipinski definition) is 4. The van der Waals surface area contributed by atoms with Crippen molar-refractivity contribution in [1.82, 2.24) is 10.6 Å². The zero-order valence-electron chi connectivity index (χ0n) is 16.5. The van der Waals surface area contributed by atoms with Crippen molar-refractivity contribution in [1.29, 1.82) is 0 Å². The number of phenols is 1. The molecule has 0 saturated heterocycles. The molecule has 3 N–H and O–H groups in total. The van der Waals surface area contributed by atoms with Gasteiger partial charge in [0.05, 0.1) is 20.8 Å². The average Bonchev–Trinajstić information content (AvgIpc) is 2.67. The normalized spacial score (nSPS) is 11.2. The molecule has 0 aromatic heterocycles. The molecule has 146 valence electrons. The van der Waals surface area contributed by atoms with Crippen LogP contribution in [0.3, 0.4) is 0 Å². The molecule has 0 aliphatic heterocycles. The van der Waals surface area contributed by atoms with Gasteiger partial charge in [-0.2, -0.15) is 0 Å². The van der Waals surface area contributed by atoms with E-state index in [1.165, 1.54) is 0 Å². The standard InChI is InChI=1S/C21H29N3O3/c1-5-22-21(24-14-17-8-6-15(2)12-19(17)26-3)23-11-10-16-7-9-18(25)20(13-16)27-4/h6-9,12-13,25H,5,10-11,14H2,1-4H3,(H2,22,23,24). The van der Waals surface area contributed by atoms with Gasteiger partial charge in [0.25, 0.3) is 0 Å². The minimum absolute atomic E-state index is 0.149. The van der Waals surface area contributed by atoms with E-state index in [-0.39, 0.29) is 5.75 Å². The lowest BCUT2D eigenvalue weighted by molar-refractivity contribution is 0.373. The van der Waals surface area contributed by atoms with E-state index in [1.807, 2.05) is 38.1 Å². The van der Waals surface area contributed by atoms with Crippen LogP contribution in [0, 0.1) is 6.92 Å². The largest absolute Gasteiger partial charge is 0.504 e. The van der Waals surface area contributed by atoms with Crippen molar-refractivity contribution < 1.29 is 14.6 Å². The summed E-state index contributed by atoms with van der Waals surface area (Å²) < 4.78 is 10.6. The molecule has 0 fully saturated rings. The number of hydrogen-bond donors (Lipinski definition) is 3. The molecule has 0 spiro atoms. The molecule has 6 nitrogen and oxygen atoms in total. The van der Waals surface area contributed by atoms with E-state index in [0.717, 1.165) is 41.4 Å². The molecule has 6 heteroatoms. The van der Waals surface area contributed by atoms with Crippen LogP contribution < -0.4 is 20.1 Å². The highest BCUT2D eigenvalue weighted by Gasteiger charge is 2.05. The SMILES string of the molecule is CCNC(=NCc1ccc(C)cc1OC)NCCc1ccc(O)c(OC)c1. The second-order valence-corrected chi connectivity index (χ2v) is 6.19. The number of phenolic OH excluding ortho intramolecular Hbond substituents is 1. The molecule has 0 atom stereocenters. The lowest BCUT2D eigenvalue weighted by Gasteiger charge is -2.13. The Morgan fingerprint density at radius 2 is 1.81 bits per heavy atom. The summed E-state index contributed by atoms with van der Waals surface area (Å²) in [5, 5.41) is 16.3. The topological polar surface area (TPSA) is 75.1 Å². The van der Waals surface area contributed by atoms with Crippen molar-refractivity contribution in [2.24, 2.45) is 4.99 Å². The third-order valence-electron chi connectivity index (χ3n) is 4.14. The van der Waals surface area contributed by atoms with Gasteiger partial charge in [-0.25, -0.2) is 4.99 Å². The Kier molecular flexibility index (Phi) is 7.79. The van der Waals surface area contributed by atoms with Crippen LogP contribution in [-0.2, 0) is 13.0 Å². The maximum absolute atomic E-state index is 9.68. The van der Waals surface area contributed by atoms with Crippen molar-refractivity contribution in [2.45, 2.75) is 26.8 Å². The van der Waals surface area contributed by atoms with Crippen LogP contribution in [0.15, 0.2) is 41.4 Å². The molecular formula is C21H29N3O3. The molecule has 2 aromatic carbocycles. The van der Waals surface area contributed by atoms with E-state index < -0.39 is 0 Å².